The molecule has 0 N–H and O–H groups in total. The maximum absolute atomic E-state index is 12.7. The third-order valence-electron chi connectivity index (χ3n) is 4.39. The minimum absolute atomic E-state index is 0.0881. The Bertz CT molecular complexity index is 873. The number of hydrogen-bond acceptors (Lipinski definition) is 4. The van der Waals surface area contributed by atoms with Gasteiger partial charge in [0.1, 0.15) is 0 Å². The Morgan fingerprint density at radius 2 is 1.88 bits per heavy atom. The number of amides is 1. The van der Waals surface area contributed by atoms with E-state index in [1.54, 1.807) is 18.6 Å². The van der Waals surface area contributed by atoms with Crippen LogP contribution in [0.4, 0.5) is 0 Å². The number of pyridine rings is 1. The second-order valence-electron chi connectivity index (χ2n) is 6.05. The van der Waals surface area contributed by atoms with Crippen LogP contribution in [0, 0.1) is 0 Å². The second kappa shape index (κ2) is 6.35. The number of piperidine rings is 1. The number of hydrogen-bond donors (Lipinski definition) is 0. The summed E-state index contributed by atoms with van der Waals surface area (Å²) in [6.45, 7) is 1.69. The Kier molecular flexibility index (Phi) is 3.91. The molecule has 1 fully saturated rings. The Balaban J connectivity index is 1.70. The molecule has 120 valence electrons. The molecule has 0 spiro atoms. The fraction of sp³-hybridized carbons (Fsp3) is 0.263. The largest absolute Gasteiger partial charge is 0.339 e. The van der Waals surface area contributed by atoms with E-state index in [2.05, 4.69) is 15.0 Å². The first kappa shape index (κ1) is 14.8. The molecule has 1 aliphatic rings. The molecule has 5 nitrogen and oxygen atoms in total. The van der Waals surface area contributed by atoms with Crippen molar-refractivity contribution in [1.82, 2.24) is 19.9 Å². The molecule has 3 aromatic rings. The maximum Gasteiger partial charge on any atom is 0.253 e. The lowest BCUT2D eigenvalue weighted by Crippen LogP contribution is -2.35. The molecule has 2 aromatic heterocycles. The van der Waals surface area contributed by atoms with Crippen molar-refractivity contribution in [2.75, 3.05) is 13.1 Å². The van der Waals surface area contributed by atoms with E-state index in [0.717, 1.165) is 48.2 Å². The molecule has 0 radical (unpaired) electrons. The molecule has 4 rings (SSSR count). The predicted molar refractivity (Wildman–Crippen MR) is 92.5 cm³/mol. The zero-order valence-corrected chi connectivity index (χ0v) is 13.4. The highest BCUT2D eigenvalue weighted by atomic mass is 16.2. The van der Waals surface area contributed by atoms with Crippen LogP contribution in [-0.4, -0.2) is 38.8 Å². The van der Waals surface area contributed by atoms with Gasteiger partial charge in [-0.2, -0.15) is 0 Å². The number of benzene rings is 1. The molecular weight excluding hydrogens is 300 g/mol. The summed E-state index contributed by atoms with van der Waals surface area (Å²) in [5, 5.41) is 0. The highest BCUT2D eigenvalue weighted by Gasteiger charge is 2.18. The van der Waals surface area contributed by atoms with Crippen molar-refractivity contribution in [3.8, 4) is 11.3 Å². The van der Waals surface area contributed by atoms with Gasteiger partial charge in [-0.25, -0.2) is 4.98 Å². The zero-order chi connectivity index (χ0) is 16.4. The summed E-state index contributed by atoms with van der Waals surface area (Å²) in [5.41, 5.74) is 3.89. The molecule has 0 atom stereocenters. The fourth-order valence-corrected chi connectivity index (χ4v) is 3.08. The molecule has 5 heteroatoms. The molecule has 1 aromatic carbocycles. The van der Waals surface area contributed by atoms with Crippen LogP contribution < -0.4 is 0 Å². The standard InChI is InChI=1S/C19H18N4O/c24-19(23-9-2-1-3-10-23)14-6-7-16-17(11-14)22-18(13-21-16)15-5-4-8-20-12-15/h4-8,11-13H,1-3,9-10H2. The van der Waals surface area contributed by atoms with E-state index >= 15 is 0 Å². The van der Waals surface area contributed by atoms with Gasteiger partial charge in [0.25, 0.3) is 5.91 Å². The van der Waals surface area contributed by atoms with Gasteiger partial charge in [-0.3, -0.25) is 14.8 Å². The first-order valence-corrected chi connectivity index (χ1v) is 8.28. The topological polar surface area (TPSA) is 59.0 Å². The number of carbonyl (C=O) groups excluding carboxylic acids is 1. The van der Waals surface area contributed by atoms with Crippen LogP contribution >= 0.6 is 0 Å². The fourth-order valence-electron chi connectivity index (χ4n) is 3.08. The van der Waals surface area contributed by atoms with E-state index in [1.807, 2.05) is 35.2 Å². The summed E-state index contributed by atoms with van der Waals surface area (Å²) in [5.74, 6) is 0.0881. The molecular formula is C19H18N4O. The Morgan fingerprint density at radius 1 is 1.00 bits per heavy atom. The monoisotopic (exact) mass is 318 g/mol. The van der Waals surface area contributed by atoms with Crippen LogP contribution in [0.15, 0.2) is 48.9 Å². The summed E-state index contributed by atoms with van der Waals surface area (Å²) < 4.78 is 0. The van der Waals surface area contributed by atoms with Gasteiger partial charge >= 0.3 is 0 Å². The van der Waals surface area contributed by atoms with Gasteiger partial charge in [-0.15, -0.1) is 0 Å². The number of aromatic nitrogens is 3. The number of rotatable bonds is 2. The third-order valence-corrected chi connectivity index (χ3v) is 4.39. The second-order valence-corrected chi connectivity index (χ2v) is 6.05. The maximum atomic E-state index is 12.7. The molecule has 0 aliphatic carbocycles. The first-order chi connectivity index (χ1) is 11.8. The van der Waals surface area contributed by atoms with Crippen LogP contribution in [0.25, 0.3) is 22.3 Å². The first-order valence-electron chi connectivity index (χ1n) is 8.28. The van der Waals surface area contributed by atoms with Gasteiger partial charge < -0.3 is 4.90 Å². The summed E-state index contributed by atoms with van der Waals surface area (Å²) in [6.07, 6.45) is 8.62. The lowest BCUT2D eigenvalue weighted by Gasteiger charge is -2.26. The van der Waals surface area contributed by atoms with E-state index in [0.29, 0.717) is 5.56 Å². The molecule has 1 saturated heterocycles. The molecule has 1 aliphatic heterocycles. The number of fused-ring (bicyclic) bond motifs is 1. The highest BCUT2D eigenvalue weighted by Crippen LogP contribution is 2.20. The van der Waals surface area contributed by atoms with E-state index in [-0.39, 0.29) is 5.91 Å². The highest BCUT2D eigenvalue weighted by molar-refractivity contribution is 5.97. The Labute approximate surface area is 140 Å². The average Bonchev–Trinajstić information content (AvgIpc) is 2.68. The van der Waals surface area contributed by atoms with Crippen molar-refractivity contribution in [2.24, 2.45) is 0 Å². The molecule has 24 heavy (non-hydrogen) atoms. The molecule has 3 heterocycles. The van der Waals surface area contributed by atoms with Gasteiger partial charge in [-0.1, -0.05) is 0 Å². The third kappa shape index (κ3) is 2.85. The number of nitrogens with zero attached hydrogens (tertiary/aromatic N) is 4. The quantitative estimate of drug-likeness (QED) is 0.727. The molecule has 1 amide bonds. The van der Waals surface area contributed by atoms with Crippen LogP contribution in [0.3, 0.4) is 0 Å². The van der Waals surface area contributed by atoms with Crippen molar-refractivity contribution >= 4 is 16.9 Å². The van der Waals surface area contributed by atoms with Gasteiger partial charge in [0.05, 0.1) is 22.9 Å². The van der Waals surface area contributed by atoms with Gasteiger partial charge in [-0.05, 0) is 49.6 Å². The summed E-state index contributed by atoms with van der Waals surface area (Å²) in [7, 11) is 0. The van der Waals surface area contributed by atoms with Crippen molar-refractivity contribution in [2.45, 2.75) is 19.3 Å². The van der Waals surface area contributed by atoms with Gasteiger partial charge in [0, 0.05) is 36.6 Å². The lowest BCUT2D eigenvalue weighted by molar-refractivity contribution is 0.0724. The van der Waals surface area contributed by atoms with Crippen LogP contribution in [0.2, 0.25) is 0 Å². The van der Waals surface area contributed by atoms with Crippen LogP contribution in [0.1, 0.15) is 29.6 Å². The van der Waals surface area contributed by atoms with E-state index in [4.69, 9.17) is 0 Å². The molecule has 0 unspecified atom stereocenters. The molecule has 0 bridgehead atoms. The normalized spacial score (nSPS) is 14.8. The van der Waals surface area contributed by atoms with Gasteiger partial charge in [0.15, 0.2) is 0 Å². The average molecular weight is 318 g/mol. The van der Waals surface area contributed by atoms with E-state index in [9.17, 15) is 4.79 Å². The van der Waals surface area contributed by atoms with Crippen molar-refractivity contribution in [1.29, 1.82) is 0 Å². The van der Waals surface area contributed by atoms with Crippen LogP contribution in [0.5, 0.6) is 0 Å². The minimum Gasteiger partial charge on any atom is -0.339 e. The summed E-state index contributed by atoms with van der Waals surface area (Å²) in [4.78, 5) is 27.8. The van der Waals surface area contributed by atoms with Crippen molar-refractivity contribution < 1.29 is 4.79 Å². The van der Waals surface area contributed by atoms with Crippen molar-refractivity contribution in [3.63, 3.8) is 0 Å². The van der Waals surface area contributed by atoms with Crippen LogP contribution in [-0.2, 0) is 0 Å². The Hall–Kier alpha value is -2.82. The lowest BCUT2D eigenvalue weighted by atomic mass is 10.1. The Morgan fingerprint density at radius 3 is 2.67 bits per heavy atom. The van der Waals surface area contributed by atoms with Gasteiger partial charge in [0.2, 0.25) is 0 Å². The van der Waals surface area contributed by atoms with E-state index < -0.39 is 0 Å². The minimum atomic E-state index is 0.0881. The SMILES string of the molecule is O=C(c1ccc2ncc(-c3cccnc3)nc2c1)N1CCCCC1. The van der Waals surface area contributed by atoms with E-state index in [1.165, 1.54) is 6.42 Å². The number of carbonyl (C=O) groups is 1. The molecule has 0 saturated carbocycles. The summed E-state index contributed by atoms with van der Waals surface area (Å²) >= 11 is 0. The van der Waals surface area contributed by atoms with Crippen molar-refractivity contribution in [3.05, 3.63) is 54.5 Å². The smallest absolute Gasteiger partial charge is 0.253 e. The zero-order valence-electron chi connectivity index (χ0n) is 13.4. The summed E-state index contributed by atoms with van der Waals surface area (Å²) in [6, 6.07) is 9.38. The predicted octanol–water partition coefficient (Wildman–Crippen LogP) is 3.32. The number of likely N-dealkylation sites (tertiary alicyclic amines) is 1.